The summed E-state index contributed by atoms with van der Waals surface area (Å²) in [6.45, 7) is 3.79. The van der Waals surface area contributed by atoms with Gasteiger partial charge < -0.3 is 4.74 Å². The quantitative estimate of drug-likeness (QED) is 0.446. The Labute approximate surface area is 46.0 Å². The van der Waals surface area contributed by atoms with E-state index in [0.29, 0.717) is 6.10 Å². The summed E-state index contributed by atoms with van der Waals surface area (Å²) < 4.78 is 4.58. The first-order chi connectivity index (χ1) is 1.89. The fourth-order valence-electron chi connectivity index (χ4n) is 0.0786. The standard InChI is InChI=1S/C3H5O.W/c1-3-2-4-3;/h2-3H,1H3;/q-1;. The molecule has 1 fully saturated rings. The number of hydrogen-bond acceptors (Lipinski definition) is 1. The Hall–Kier alpha value is 0.648. The van der Waals surface area contributed by atoms with Gasteiger partial charge in [-0.15, -0.1) is 0 Å². The van der Waals surface area contributed by atoms with E-state index in [-0.39, 0.29) is 21.1 Å². The van der Waals surface area contributed by atoms with Crippen molar-refractivity contribution < 1.29 is 25.8 Å². The average Bonchev–Trinajstić information content (AvgIpc) is 1.75. The zero-order valence-corrected chi connectivity index (χ0v) is 5.90. The van der Waals surface area contributed by atoms with Gasteiger partial charge in [0, 0.05) is 21.1 Å². The van der Waals surface area contributed by atoms with Crippen molar-refractivity contribution in [2.45, 2.75) is 13.0 Å². The average molecular weight is 241 g/mol. The van der Waals surface area contributed by atoms with E-state index in [1.165, 1.54) is 0 Å². The molecule has 0 aliphatic carbocycles. The van der Waals surface area contributed by atoms with Gasteiger partial charge in [0.25, 0.3) is 0 Å². The monoisotopic (exact) mass is 241 g/mol. The minimum absolute atomic E-state index is 0. The second kappa shape index (κ2) is 1.94. The zero-order chi connectivity index (χ0) is 2.99. The van der Waals surface area contributed by atoms with E-state index in [0.717, 1.165) is 0 Å². The zero-order valence-electron chi connectivity index (χ0n) is 2.97. The summed E-state index contributed by atoms with van der Waals surface area (Å²) in [6.07, 6.45) is 0.458. The molecular weight excluding hydrogens is 236 g/mol. The molecule has 0 N–H and O–H groups in total. The van der Waals surface area contributed by atoms with Crippen molar-refractivity contribution in [2.75, 3.05) is 0 Å². The van der Waals surface area contributed by atoms with Gasteiger partial charge in [-0.1, -0.05) is 13.0 Å². The van der Waals surface area contributed by atoms with E-state index in [1.807, 2.05) is 6.92 Å². The Morgan fingerprint density at radius 3 is 2.00 bits per heavy atom. The Morgan fingerprint density at radius 1 is 1.80 bits per heavy atom. The largest absolute Gasteiger partial charge is 0.570 e. The predicted molar refractivity (Wildman–Crippen MR) is 14.8 cm³/mol. The molecular formula is C3H5OW-. The van der Waals surface area contributed by atoms with Crippen LogP contribution in [0.1, 0.15) is 6.92 Å². The molecule has 2 heteroatoms. The number of epoxide rings is 1. The molecule has 0 saturated carbocycles. The van der Waals surface area contributed by atoms with Crippen molar-refractivity contribution in [1.29, 1.82) is 0 Å². The van der Waals surface area contributed by atoms with Crippen molar-refractivity contribution in [3.05, 3.63) is 6.61 Å². The molecule has 1 aliphatic rings. The van der Waals surface area contributed by atoms with Gasteiger partial charge >= 0.3 is 0 Å². The summed E-state index contributed by atoms with van der Waals surface area (Å²) in [5.74, 6) is 0. The van der Waals surface area contributed by atoms with Crippen LogP contribution in [-0.2, 0) is 25.8 Å². The molecule has 0 spiro atoms. The number of hydrogen-bond donors (Lipinski definition) is 0. The van der Waals surface area contributed by atoms with E-state index in [9.17, 15) is 0 Å². The second-order valence-electron chi connectivity index (χ2n) is 0.977. The maximum Gasteiger partial charge on any atom is 0 e. The fourth-order valence-corrected chi connectivity index (χ4v) is 0.0786. The second-order valence-corrected chi connectivity index (χ2v) is 0.977. The normalized spacial score (nSPS) is 31.8. The third kappa shape index (κ3) is 2.45. The van der Waals surface area contributed by atoms with Crippen molar-refractivity contribution in [1.82, 2.24) is 0 Å². The summed E-state index contributed by atoms with van der Waals surface area (Å²) in [7, 11) is 0. The predicted octanol–water partition coefficient (Wildman–Crippen LogP) is 0.564. The van der Waals surface area contributed by atoms with Crippen LogP contribution in [-0.4, -0.2) is 6.10 Å². The Bertz CT molecular complexity index is 26.1. The smallest absolute Gasteiger partial charge is 0 e. The minimum atomic E-state index is 0. The summed E-state index contributed by atoms with van der Waals surface area (Å²) in [4.78, 5) is 0. The first-order valence-corrected chi connectivity index (χ1v) is 1.38. The molecule has 1 unspecified atom stereocenters. The van der Waals surface area contributed by atoms with Gasteiger partial charge in [0.2, 0.25) is 0 Å². The van der Waals surface area contributed by atoms with Crippen molar-refractivity contribution >= 4 is 0 Å². The molecule has 0 aromatic carbocycles. The van der Waals surface area contributed by atoms with Crippen molar-refractivity contribution in [3.8, 4) is 0 Å². The maximum absolute atomic E-state index is 4.58. The number of ether oxygens (including phenoxy) is 1. The van der Waals surface area contributed by atoms with Crippen molar-refractivity contribution in [3.63, 3.8) is 0 Å². The molecule has 1 heterocycles. The molecule has 0 aromatic heterocycles. The van der Waals surface area contributed by atoms with Crippen LogP contribution in [0.4, 0.5) is 0 Å². The summed E-state index contributed by atoms with van der Waals surface area (Å²) in [5.41, 5.74) is 0. The molecule has 5 heavy (non-hydrogen) atoms. The first kappa shape index (κ1) is 5.65. The van der Waals surface area contributed by atoms with Gasteiger partial charge in [0.05, 0.1) is 0 Å². The topological polar surface area (TPSA) is 12.5 Å². The molecule has 1 atom stereocenters. The van der Waals surface area contributed by atoms with Crippen molar-refractivity contribution in [2.24, 2.45) is 0 Å². The van der Waals surface area contributed by atoms with E-state index in [2.05, 4.69) is 4.74 Å². The molecule has 0 amide bonds. The SMILES string of the molecule is CC1[CH-]O1.[W]. The fraction of sp³-hybridized carbons (Fsp3) is 0.667. The molecule has 30 valence electrons. The summed E-state index contributed by atoms with van der Waals surface area (Å²) in [5, 5.41) is 0. The van der Waals surface area contributed by atoms with Gasteiger partial charge in [0.15, 0.2) is 0 Å². The van der Waals surface area contributed by atoms with Crippen LogP contribution in [0.25, 0.3) is 0 Å². The molecule has 1 rings (SSSR count). The van der Waals surface area contributed by atoms with Crippen LogP contribution in [0, 0.1) is 6.61 Å². The third-order valence-corrected chi connectivity index (χ3v) is 0.408. The molecule has 1 saturated heterocycles. The van der Waals surface area contributed by atoms with Gasteiger partial charge in [-0.05, 0) is 0 Å². The van der Waals surface area contributed by atoms with Crippen LogP contribution < -0.4 is 0 Å². The van der Waals surface area contributed by atoms with E-state index in [4.69, 9.17) is 0 Å². The van der Waals surface area contributed by atoms with Crippen LogP contribution in [0.2, 0.25) is 0 Å². The molecule has 0 bridgehead atoms. The van der Waals surface area contributed by atoms with Crippen LogP contribution >= 0.6 is 0 Å². The Balaban J connectivity index is 0.000000160. The molecule has 1 nitrogen and oxygen atoms in total. The van der Waals surface area contributed by atoms with Gasteiger partial charge in [-0.25, -0.2) is 0 Å². The third-order valence-electron chi connectivity index (χ3n) is 0.408. The minimum Gasteiger partial charge on any atom is -0.570 e. The Kier molecular flexibility index (Phi) is 2.19. The van der Waals surface area contributed by atoms with E-state index >= 15 is 0 Å². The van der Waals surface area contributed by atoms with E-state index in [1.54, 1.807) is 6.61 Å². The van der Waals surface area contributed by atoms with Gasteiger partial charge in [0.1, 0.15) is 0 Å². The summed E-state index contributed by atoms with van der Waals surface area (Å²) in [6, 6.07) is 0. The maximum atomic E-state index is 4.58. The van der Waals surface area contributed by atoms with E-state index < -0.39 is 0 Å². The first-order valence-electron chi connectivity index (χ1n) is 1.38. The van der Waals surface area contributed by atoms with Gasteiger partial charge in [-0.2, -0.15) is 6.61 Å². The summed E-state index contributed by atoms with van der Waals surface area (Å²) >= 11 is 0. The van der Waals surface area contributed by atoms with Crippen LogP contribution in [0.3, 0.4) is 0 Å². The Morgan fingerprint density at radius 2 is 2.00 bits per heavy atom. The molecule has 0 radical (unpaired) electrons. The van der Waals surface area contributed by atoms with Crippen LogP contribution in [0.15, 0.2) is 0 Å². The molecule has 0 aromatic rings. The molecule has 1 aliphatic heterocycles. The number of rotatable bonds is 0. The van der Waals surface area contributed by atoms with Crippen LogP contribution in [0.5, 0.6) is 0 Å². The van der Waals surface area contributed by atoms with Gasteiger partial charge in [-0.3, -0.25) is 0 Å².